The standard InChI is InChI=1S/C64H44N2OSi/c1-4-18-53(19-5-1)68(54-20-6-2-7-21-54,55-22-8-3-9-23-55)56-42-40-52(41-43-56)65(50-36-32-46(33-37-50)49-31-30-45-16-10-11-17-48(45)44-49)51-38-34-47(35-39-51)57-24-14-25-58-59-26-15-29-62-64(59)66(63(57)58)60-27-12-13-28-61(60)67-62/h1-44H. The highest BCUT2D eigenvalue weighted by atomic mass is 28.3. The maximum atomic E-state index is 6.47. The number of anilines is 3. The monoisotopic (exact) mass is 884 g/mol. The fraction of sp³-hybridized carbons (Fsp3) is 0. The third-order valence-electron chi connectivity index (χ3n) is 13.9. The molecule has 2 heterocycles. The minimum Gasteiger partial charge on any atom is -0.453 e. The summed E-state index contributed by atoms with van der Waals surface area (Å²) in [6.45, 7) is 0. The van der Waals surface area contributed by atoms with Crippen molar-refractivity contribution in [2.45, 2.75) is 0 Å². The van der Waals surface area contributed by atoms with Gasteiger partial charge in [0.25, 0.3) is 0 Å². The molecule has 0 spiro atoms. The van der Waals surface area contributed by atoms with Crippen LogP contribution in [0.1, 0.15) is 0 Å². The molecular formula is C64H44N2OSi. The molecule has 1 aliphatic heterocycles. The van der Waals surface area contributed by atoms with Crippen molar-refractivity contribution in [3.63, 3.8) is 0 Å². The second-order valence-corrected chi connectivity index (χ2v) is 21.5. The highest BCUT2D eigenvalue weighted by Crippen LogP contribution is 2.47. The van der Waals surface area contributed by atoms with Gasteiger partial charge in [0.05, 0.1) is 16.7 Å². The summed E-state index contributed by atoms with van der Waals surface area (Å²) in [7, 11) is -2.72. The van der Waals surface area contributed by atoms with Crippen LogP contribution in [-0.2, 0) is 0 Å². The van der Waals surface area contributed by atoms with E-state index in [2.05, 4.69) is 270 Å². The van der Waals surface area contributed by atoms with E-state index in [9.17, 15) is 0 Å². The minimum absolute atomic E-state index is 0.861. The number of rotatable bonds is 9. The molecule has 0 N–H and O–H groups in total. The molecule has 68 heavy (non-hydrogen) atoms. The Hall–Kier alpha value is -8.70. The topological polar surface area (TPSA) is 17.4 Å². The molecular weight excluding hydrogens is 841 g/mol. The first kappa shape index (κ1) is 39.6. The Balaban J connectivity index is 0.955. The fourth-order valence-corrected chi connectivity index (χ4v) is 15.6. The van der Waals surface area contributed by atoms with Gasteiger partial charge in [0.1, 0.15) is 0 Å². The van der Waals surface area contributed by atoms with Gasteiger partial charge in [-0.3, -0.25) is 0 Å². The molecule has 0 atom stereocenters. The van der Waals surface area contributed by atoms with Gasteiger partial charge >= 0.3 is 0 Å². The van der Waals surface area contributed by atoms with Crippen molar-refractivity contribution in [1.29, 1.82) is 0 Å². The minimum atomic E-state index is -2.72. The summed E-state index contributed by atoms with van der Waals surface area (Å²) < 4.78 is 8.87. The maximum absolute atomic E-state index is 6.47. The van der Waals surface area contributed by atoms with Gasteiger partial charge in [-0.05, 0) is 109 Å². The molecule has 12 aromatic rings. The number of ether oxygens (including phenoxy) is 1. The van der Waals surface area contributed by atoms with Crippen LogP contribution in [-0.4, -0.2) is 12.6 Å². The summed E-state index contributed by atoms with van der Waals surface area (Å²) >= 11 is 0. The molecule has 0 fully saturated rings. The molecule has 0 saturated carbocycles. The van der Waals surface area contributed by atoms with Crippen LogP contribution in [0.2, 0.25) is 0 Å². The number of hydrogen-bond acceptors (Lipinski definition) is 2. The van der Waals surface area contributed by atoms with Gasteiger partial charge in [0, 0.05) is 33.4 Å². The Labute approximate surface area is 397 Å². The van der Waals surface area contributed by atoms with Crippen molar-refractivity contribution in [3.05, 3.63) is 267 Å². The molecule has 1 aromatic heterocycles. The average molecular weight is 885 g/mol. The van der Waals surface area contributed by atoms with Crippen LogP contribution in [0.15, 0.2) is 267 Å². The van der Waals surface area contributed by atoms with Crippen molar-refractivity contribution in [2.24, 2.45) is 0 Å². The molecule has 0 aliphatic carbocycles. The van der Waals surface area contributed by atoms with Crippen LogP contribution >= 0.6 is 0 Å². The number of benzene rings is 11. The van der Waals surface area contributed by atoms with E-state index in [1.807, 2.05) is 6.07 Å². The van der Waals surface area contributed by atoms with Crippen LogP contribution in [0, 0.1) is 0 Å². The molecule has 0 bridgehead atoms. The Morgan fingerprint density at radius 3 is 1.43 bits per heavy atom. The van der Waals surface area contributed by atoms with Crippen molar-refractivity contribution in [1.82, 2.24) is 4.57 Å². The summed E-state index contributed by atoms with van der Waals surface area (Å²) in [6, 6.07) is 97.7. The van der Waals surface area contributed by atoms with E-state index in [-0.39, 0.29) is 0 Å². The molecule has 0 amide bonds. The lowest BCUT2D eigenvalue weighted by Crippen LogP contribution is -2.74. The first-order chi connectivity index (χ1) is 33.7. The van der Waals surface area contributed by atoms with E-state index in [1.54, 1.807) is 0 Å². The zero-order valence-corrected chi connectivity index (χ0v) is 38.2. The van der Waals surface area contributed by atoms with Crippen molar-refractivity contribution >= 4 is 78.5 Å². The lowest BCUT2D eigenvalue weighted by Gasteiger charge is -2.35. The SMILES string of the molecule is c1ccc([Si](c2ccccc2)(c2ccccc2)c2ccc(N(c3ccc(-c4ccc5ccccc5c4)cc3)c3ccc(-c4cccc5c6cccc7c6n(c45)-c4ccccc4O7)cc3)cc2)cc1. The molecule has 3 nitrogen and oxygen atoms in total. The predicted molar refractivity (Wildman–Crippen MR) is 288 cm³/mol. The first-order valence-electron chi connectivity index (χ1n) is 23.3. The number of aromatic nitrogens is 1. The number of fused-ring (bicyclic) bond motifs is 6. The van der Waals surface area contributed by atoms with Gasteiger partial charge < -0.3 is 14.2 Å². The normalized spacial score (nSPS) is 11.9. The van der Waals surface area contributed by atoms with E-state index in [4.69, 9.17) is 4.74 Å². The summed E-state index contributed by atoms with van der Waals surface area (Å²) in [6.07, 6.45) is 0. The predicted octanol–water partition coefficient (Wildman–Crippen LogP) is 14.2. The van der Waals surface area contributed by atoms with Crippen LogP contribution in [0.4, 0.5) is 17.1 Å². The smallest absolute Gasteiger partial charge is 0.179 e. The summed E-state index contributed by atoms with van der Waals surface area (Å²) in [5.74, 6) is 1.74. The summed E-state index contributed by atoms with van der Waals surface area (Å²) in [5, 5.41) is 10.3. The third kappa shape index (κ3) is 6.41. The molecule has 0 unspecified atom stereocenters. The van der Waals surface area contributed by atoms with Gasteiger partial charge in [0.2, 0.25) is 0 Å². The van der Waals surface area contributed by atoms with Crippen LogP contribution in [0.25, 0.3) is 60.5 Å². The van der Waals surface area contributed by atoms with E-state index in [1.165, 1.54) is 64.5 Å². The van der Waals surface area contributed by atoms with Crippen molar-refractivity contribution in [2.75, 3.05) is 4.90 Å². The third-order valence-corrected chi connectivity index (χ3v) is 18.7. The van der Waals surface area contributed by atoms with Gasteiger partial charge in [-0.2, -0.15) is 0 Å². The zero-order valence-electron chi connectivity index (χ0n) is 37.2. The largest absolute Gasteiger partial charge is 0.453 e. The van der Waals surface area contributed by atoms with Crippen molar-refractivity contribution < 1.29 is 4.74 Å². The highest BCUT2D eigenvalue weighted by Gasteiger charge is 2.41. The maximum Gasteiger partial charge on any atom is 0.179 e. The van der Waals surface area contributed by atoms with Crippen LogP contribution in [0.5, 0.6) is 11.5 Å². The van der Waals surface area contributed by atoms with Crippen LogP contribution < -0.4 is 30.4 Å². The highest BCUT2D eigenvalue weighted by molar-refractivity contribution is 7.19. The van der Waals surface area contributed by atoms with E-state index in [0.717, 1.165) is 45.3 Å². The zero-order chi connectivity index (χ0) is 45.0. The second kappa shape index (κ2) is 16.3. The average Bonchev–Trinajstić information content (AvgIpc) is 3.76. The van der Waals surface area contributed by atoms with Gasteiger partial charge in [-0.1, -0.05) is 206 Å². The van der Waals surface area contributed by atoms with Gasteiger partial charge in [-0.15, -0.1) is 0 Å². The number of nitrogens with zero attached hydrogens (tertiary/aromatic N) is 2. The first-order valence-corrected chi connectivity index (χ1v) is 25.3. The Bertz CT molecular complexity index is 3700. The number of hydrogen-bond donors (Lipinski definition) is 0. The number of para-hydroxylation sites is 4. The Kier molecular flexibility index (Phi) is 9.51. The molecule has 4 heteroatoms. The molecule has 13 rings (SSSR count). The van der Waals surface area contributed by atoms with Crippen LogP contribution in [0.3, 0.4) is 0 Å². The Morgan fingerprint density at radius 2 is 0.794 bits per heavy atom. The molecule has 0 radical (unpaired) electrons. The van der Waals surface area contributed by atoms with E-state index in [0.29, 0.717) is 0 Å². The van der Waals surface area contributed by atoms with E-state index >= 15 is 0 Å². The van der Waals surface area contributed by atoms with E-state index < -0.39 is 8.07 Å². The van der Waals surface area contributed by atoms with Crippen molar-refractivity contribution in [3.8, 4) is 39.4 Å². The molecule has 1 aliphatic rings. The molecule has 11 aromatic carbocycles. The van der Waals surface area contributed by atoms with Gasteiger partial charge in [-0.25, -0.2) is 0 Å². The Morgan fingerprint density at radius 1 is 0.324 bits per heavy atom. The second-order valence-electron chi connectivity index (χ2n) is 17.6. The van der Waals surface area contributed by atoms with Gasteiger partial charge in [0.15, 0.2) is 19.6 Å². The summed E-state index contributed by atoms with van der Waals surface area (Å²) in [4.78, 5) is 2.39. The molecule has 0 saturated heterocycles. The summed E-state index contributed by atoms with van der Waals surface area (Å²) in [5.41, 5.74) is 11.3. The molecule has 320 valence electrons. The lowest BCUT2D eigenvalue weighted by atomic mass is 10.00. The fourth-order valence-electron chi connectivity index (χ4n) is 10.8. The quantitative estimate of drug-likeness (QED) is 0.106. The lowest BCUT2D eigenvalue weighted by molar-refractivity contribution is 0.476.